The second kappa shape index (κ2) is 4.99. The molecular weight excluding hydrogens is 184 g/mol. The SMILES string of the molecule is C=CCC(C#N)(C#N)[C@H]1CCCC[C@H]1C. The number of rotatable bonds is 3. The van der Waals surface area contributed by atoms with Crippen molar-refractivity contribution < 1.29 is 0 Å². The number of allylic oxidation sites excluding steroid dienone is 1. The predicted molar refractivity (Wildman–Crippen MR) is 59.6 cm³/mol. The van der Waals surface area contributed by atoms with Crippen molar-refractivity contribution in [3.63, 3.8) is 0 Å². The third-order valence-electron chi connectivity index (χ3n) is 3.61. The van der Waals surface area contributed by atoms with Crippen LogP contribution in [-0.2, 0) is 0 Å². The van der Waals surface area contributed by atoms with Gasteiger partial charge >= 0.3 is 0 Å². The highest BCUT2D eigenvalue weighted by Gasteiger charge is 2.42. The van der Waals surface area contributed by atoms with E-state index in [9.17, 15) is 10.5 Å². The fourth-order valence-electron chi connectivity index (χ4n) is 2.71. The second-order valence-corrected chi connectivity index (χ2v) is 4.56. The van der Waals surface area contributed by atoms with E-state index in [4.69, 9.17) is 0 Å². The van der Waals surface area contributed by atoms with Crippen LogP contribution in [0.15, 0.2) is 12.7 Å². The lowest BCUT2D eigenvalue weighted by molar-refractivity contribution is 0.163. The zero-order valence-corrected chi connectivity index (χ0v) is 9.37. The van der Waals surface area contributed by atoms with E-state index in [1.54, 1.807) is 6.08 Å². The summed E-state index contributed by atoms with van der Waals surface area (Å²) < 4.78 is 0. The van der Waals surface area contributed by atoms with Crippen LogP contribution in [0.5, 0.6) is 0 Å². The fraction of sp³-hybridized carbons (Fsp3) is 0.692. The highest BCUT2D eigenvalue weighted by molar-refractivity contribution is 5.19. The summed E-state index contributed by atoms with van der Waals surface area (Å²) in [6.45, 7) is 5.82. The minimum atomic E-state index is -0.832. The molecule has 0 N–H and O–H groups in total. The summed E-state index contributed by atoms with van der Waals surface area (Å²) in [4.78, 5) is 0. The molecule has 0 aliphatic heterocycles. The number of hydrogen-bond acceptors (Lipinski definition) is 2. The number of nitriles is 2. The normalized spacial score (nSPS) is 26.3. The van der Waals surface area contributed by atoms with Crippen molar-refractivity contribution in [1.82, 2.24) is 0 Å². The molecule has 1 saturated carbocycles. The Kier molecular flexibility index (Phi) is 3.92. The molecule has 2 heteroatoms. The minimum absolute atomic E-state index is 0.222. The Morgan fingerprint density at radius 1 is 1.33 bits per heavy atom. The minimum Gasteiger partial charge on any atom is -0.197 e. The molecule has 0 bridgehead atoms. The smallest absolute Gasteiger partial charge is 0.150 e. The van der Waals surface area contributed by atoms with Gasteiger partial charge in [0.05, 0.1) is 12.1 Å². The first-order valence-electron chi connectivity index (χ1n) is 5.63. The van der Waals surface area contributed by atoms with Gasteiger partial charge in [0, 0.05) is 0 Å². The molecule has 1 aliphatic rings. The third-order valence-corrected chi connectivity index (χ3v) is 3.61. The average molecular weight is 202 g/mol. The number of nitrogens with zero attached hydrogens (tertiary/aromatic N) is 2. The van der Waals surface area contributed by atoms with Crippen molar-refractivity contribution in [1.29, 1.82) is 10.5 Å². The molecule has 2 nitrogen and oxygen atoms in total. The van der Waals surface area contributed by atoms with Gasteiger partial charge in [-0.15, -0.1) is 6.58 Å². The molecule has 0 aromatic rings. The quantitative estimate of drug-likeness (QED) is 0.658. The summed E-state index contributed by atoms with van der Waals surface area (Å²) in [6.07, 6.45) is 6.74. The lowest BCUT2D eigenvalue weighted by Gasteiger charge is -2.36. The van der Waals surface area contributed by atoms with Crippen LogP contribution in [0.4, 0.5) is 0 Å². The molecule has 80 valence electrons. The van der Waals surface area contributed by atoms with Crippen LogP contribution >= 0.6 is 0 Å². The van der Waals surface area contributed by atoms with E-state index >= 15 is 0 Å². The lowest BCUT2D eigenvalue weighted by Crippen LogP contribution is -2.34. The zero-order valence-electron chi connectivity index (χ0n) is 9.37. The van der Waals surface area contributed by atoms with Crippen molar-refractivity contribution in [2.24, 2.45) is 17.3 Å². The van der Waals surface area contributed by atoms with E-state index in [-0.39, 0.29) is 5.92 Å². The van der Waals surface area contributed by atoms with Gasteiger partial charge in [-0.3, -0.25) is 0 Å². The summed E-state index contributed by atoms with van der Waals surface area (Å²) in [5.41, 5.74) is -0.832. The van der Waals surface area contributed by atoms with Gasteiger partial charge in [0.2, 0.25) is 0 Å². The Morgan fingerprint density at radius 3 is 2.40 bits per heavy atom. The predicted octanol–water partition coefficient (Wildman–Crippen LogP) is 3.42. The highest BCUT2D eigenvalue weighted by Crippen LogP contribution is 2.43. The Labute approximate surface area is 92.2 Å². The Hall–Kier alpha value is -1.28. The molecule has 0 heterocycles. The monoisotopic (exact) mass is 202 g/mol. The van der Waals surface area contributed by atoms with Crippen molar-refractivity contribution in [2.75, 3.05) is 0 Å². The van der Waals surface area contributed by atoms with Crippen molar-refractivity contribution in [3.05, 3.63) is 12.7 Å². The average Bonchev–Trinajstić information content (AvgIpc) is 2.27. The van der Waals surface area contributed by atoms with Crippen LogP contribution in [0.2, 0.25) is 0 Å². The maximum Gasteiger partial charge on any atom is 0.150 e. The summed E-state index contributed by atoms with van der Waals surface area (Å²) in [7, 11) is 0. The summed E-state index contributed by atoms with van der Waals surface area (Å²) in [5.74, 6) is 0.706. The lowest BCUT2D eigenvalue weighted by atomic mass is 9.64. The molecule has 2 atom stereocenters. The van der Waals surface area contributed by atoms with Crippen LogP contribution in [0.25, 0.3) is 0 Å². The first-order valence-corrected chi connectivity index (χ1v) is 5.63. The van der Waals surface area contributed by atoms with Crippen LogP contribution in [-0.4, -0.2) is 0 Å². The van der Waals surface area contributed by atoms with E-state index in [1.807, 2.05) is 0 Å². The molecule has 0 radical (unpaired) electrons. The Balaban J connectivity index is 2.93. The van der Waals surface area contributed by atoms with Crippen LogP contribution < -0.4 is 0 Å². The number of hydrogen-bond donors (Lipinski definition) is 0. The molecule has 1 aliphatic carbocycles. The third kappa shape index (κ3) is 2.21. The van der Waals surface area contributed by atoms with Gasteiger partial charge in [-0.25, -0.2) is 0 Å². The first-order chi connectivity index (χ1) is 7.20. The molecule has 0 spiro atoms. The van der Waals surface area contributed by atoms with Gasteiger partial charge < -0.3 is 0 Å². The maximum atomic E-state index is 9.26. The van der Waals surface area contributed by atoms with Gasteiger partial charge in [0.1, 0.15) is 5.41 Å². The van der Waals surface area contributed by atoms with Gasteiger partial charge in [-0.05, 0) is 24.7 Å². The summed E-state index contributed by atoms with van der Waals surface area (Å²) in [5, 5.41) is 18.5. The van der Waals surface area contributed by atoms with E-state index in [0.29, 0.717) is 12.3 Å². The molecular formula is C13H18N2. The van der Waals surface area contributed by atoms with Gasteiger partial charge in [0.25, 0.3) is 0 Å². The largest absolute Gasteiger partial charge is 0.197 e. The first kappa shape index (κ1) is 11.8. The molecule has 1 rings (SSSR count). The van der Waals surface area contributed by atoms with Gasteiger partial charge in [0.15, 0.2) is 0 Å². The Morgan fingerprint density at radius 2 is 1.93 bits per heavy atom. The summed E-state index contributed by atoms with van der Waals surface area (Å²) >= 11 is 0. The summed E-state index contributed by atoms with van der Waals surface area (Å²) in [6, 6.07) is 4.47. The molecule has 1 fully saturated rings. The van der Waals surface area contributed by atoms with E-state index in [0.717, 1.165) is 19.3 Å². The molecule has 0 amide bonds. The standard InChI is InChI=1S/C13H18N2/c1-3-8-13(9-14,10-15)12-7-5-4-6-11(12)2/h3,11-12H,1,4-8H2,2H3/t11-,12+/m1/s1. The molecule has 0 unspecified atom stereocenters. The van der Waals surface area contributed by atoms with Crippen LogP contribution in [0, 0.1) is 39.9 Å². The molecule has 0 saturated heterocycles. The van der Waals surface area contributed by atoms with Crippen molar-refractivity contribution in [3.8, 4) is 12.1 Å². The molecule has 0 aromatic heterocycles. The fourth-order valence-corrected chi connectivity index (χ4v) is 2.71. The molecule has 15 heavy (non-hydrogen) atoms. The van der Waals surface area contributed by atoms with Gasteiger partial charge in [-0.1, -0.05) is 32.3 Å². The highest BCUT2D eigenvalue weighted by atomic mass is 14.5. The Bertz CT molecular complexity index is 291. The van der Waals surface area contributed by atoms with E-state index in [1.165, 1.54) is 6.42 Å². The maximum absolute atomic E-state index is 9.26. The zero-order chi connectivity index (χ0) is 11.3. The van der Waals surface area contributed by atoms with Crippen molar-refractivity contribution in [2.45, 2.75) is 39.0 Å². The van der Waals surface area contributed by atoms with E-state index in [2.05, 4.69) is 25.6 Å². The second-order valence-electron chi connectivity index (χ2n) is 4.56. The van der Waals surface area contributed by atoms with E-state index < -0.39 is 5.41 Å². The topological polar surface area (TPSA) is 47.6 Å². The van der Waals surface area contributed by atoms with Crippen molar-refractivity contribution >= 4 is 0 Å². The van der Waals surface area contributed by atoms with Crippen LogP contribution in [0.1, 0.15) is 39.0 Å². The van der Waals surface area contributed by atoms with Crippen LogP contribution in [0.3, 0.4) is 0 Å². The van der Waals surface area contributed by atoms with Gasteiger partial charge in [-0.2, -0.15) is 10.5 Å². The molecule has 0 aromatic carbocycles.